The molecule has 29 heavy (non-hydrogen) atoms. The number of aromatic nitrogens is 3. The fraction of sp³-hybridized carbons (Fsp3) is 0.652. The van der Waals surface area contributed by atoms with Gasteiger partial charge >= 0.3 is 0 Å². The Morgan fingerprint density at radius 1 is 1.14 bits per heavy atom. The van der Waals surface area contributed by atoms with Gasteiger partial charge in [-0.3, -0.25) is 4.90 Å². The minimum absolute atomic E-state index is 0.0318. The van der Waals surface area contributed by atoms with Crippen molar-refractivity contribution < 1.29 is 9.84 Å². The summed E-state index contributed by atoms with van der Waals surface area (Å²) in [5, 5.41) is 19.8. The summed E-state index contributed by atoms with van der Waals surface area (Å²) in [4.78, 5) is 2.54. The van der Waals surface area contributed by atoms with Gasteiger partial charge in [0.25, 0.3) is 0 Å². The van der Waals surface area contributed by atoms with Gasteiger partial charge in [-0.1, -0.05) is 43.5 Å². The van der Waals surface area contributed by atoms with Crippen LogP contribution in [0.2, 0.25) is 0 Å². The van der Waals surface area contributed by atoms with Gasteiger partial charge in [0.05, 0.1) is 24.9 Å². The van der Waals surface area contributed by atoms with Gasteiger partial charge in [-0.05, 0) is 49.9 Å². The van der Waals surface area contributed by atoms with Gasteiger partial charge < -0.3 is 9.84 Å². The summed E-state index contributed by atoms with van der Waals surface area (Å²) < 4.78 is 7.23. The minimum atomic E-state index is -0.428. The van der Waals surface area contributed by atoms with E-state index in [2.05, 4.69) is 40.5 Å². The molecule has 2 aliphatic rings. The van der Waals surface area contributed by atoms with Gasteiger partial charge in [0, 0.05) is 24.7 Å². The van der Waals surface area contributed by atoms with Crippen molar-refractivity contribution >= 4 is 0 Å². The van der Waals surface area contributed by atoms with Crippen LogP contribution in [-0.2, 0) is 0 Å². The first-order chi connectivity index (χ1) is 14.2. The molecule has 2 aromatic rings. The predicted molar refractivity (Wildman–Crippen MR) is 113 cm³/mol. The maximum atomic E-state index is 11.0. The fourth-order valence-corrected chi connectivity index (χ4v) is 4.46. The zero-order valence-electron chi connectivity index (χ0n) is 17.7. The van der Waals surface area contributed by atoms with Crippen molar-refractivity contribution in [3.8, 4) is 5.75 Å². The molecular formula is C23H34N4O2. The first-order valence-electron chi connectivity index (χ1n) is 11.2. The third-order valence-corrected chi connectivity index (χ3v) is 6.43. The molecule has 2 fully saturated rings. The summed E-state index contributed by atoms with van der Waals surface area (Å²) in [5.41, 5.74) is 2.33. The van der Waals surface area contributed by atoms with Gasteiger partial charge in [0.15, 0.2) is 0 Å². The van der Waals surface area contributed by atoms with Gasteiger partial charge in [0.2, 0.25) is 0 Å². The molecule has 158 valence electrons. The van der Waals surface area contributed by atoms with E-state index in [4.69, 9.17) is 4.74 Å². The van der Waals surface area contributed by atoms with E-state index in [-0.39, 0.29) is 12.1 Å². The van der Waals surface area contributed by atoms with Gasteiger partial charge in [-0.15, -0.1) is 5.10 Å². The molecule has 3 atom stereocenters. The molecule has 0 bridgehead atoms. The van der Waals surface area contributed by atoms with Crippen molar-refractivity contribution in [1.29, 1.82) is 0 Å². The molecule has 0 amide bonds. The predicted octanol–water partition coefficient (Wildman–Crippen LogP) is 4.09. The van der Waals surface area contributed by atoms with Crippen molar-refractivity contribution in [3.63, 3.8) is 0 Å². The molecule has 1 saturated heterocycles. The molecule has 0 radical (unpaired) electrons. The lowest BCUT2D eigenvalue weighted by atomic mass is 9.90. The number of hydrogen-bond acceptors (Lipinski definition) is 5. The Hall–Kier alpha value is -1.92. The van der Waals surface area contributed by atoms with E-state index in [0.717, 1.165) is 24.5 Å². The van der Waals surface area contributed by atoms with Crippen molar-refractivity contribution in [1.82, 2.24) is 19.9 Å². The summed E-state index contributed by atoms with van der Waals surface area (Å²) in [6, 6.07) is 8.49. The molecule has 1 aliphatic carbocycles. The fourth-order valence-electron chi connectivity index (χ4n) is 4.46. The Bertz CT molecular complexity index is 771. The Labute approximate surface area is 173 Å². The number of rotatable bonds is 9. The molecule has 0 spiro atoms. The van der Waals surface area contributed by atoms with Crippen molar-refractivity contribution in [3.05, 3.63) is 41.7 Å². The zero-order valence-corrected chi connectivity index (χ0v) is 17.7. The molecule has 1 aliphatic heterocycles. The number of ether oxygens (including phenoxy) is 1. The number of hydrogen-bond donors (Lipinski definition) is 1. The number of aliphatic hydroxyl groups is 1. The lowest BCUT2D eigenvalue weighted by Crippen LogP contribution is -2.46. The molecule has 1 N–H and O–H groups in total. The average molecular weight is 399 g/mol. The number of benzene rings is 1. The van der Waals surface area contributed by atoms with E-state index in [0.29, 0.717) is 12.3 Å². The van der Waals surface area contributed by atoms with Crippen LogP contribution in [0.4, 0.5) is 0 Å². The van der Waals surface area contributed by atoms with Crippen molar-refractivity contribution in [2.24, 2.45) is 0 Å². The first kappa shape index (κ1) is 20.4. The quantitative estimate of drug-likeness (QED) is 0.645. The van der Waals surface area contributed by atoms with Crippen LogP contribution in [0.3, 0.4) is 0 Å². The Morgan fingerprint density at radius 3 is 2.62 bits per heavy atom. The van der Waals surface area contributed by atoms with Crippen LogP contribution in [0.25, 0.3) is 0 Å². The van der Waals surface area contributed by atoms with Crippen LogP contribution in [0.1, 0.15) is 81.1 Å². The lowest BCUT2D eigenvalue weighted by molar-refractivity contribution is -0.00776. The van der Waals surface area contributed by atoms with Crippen LogP contribution >= 0.6 is 0 Å². The summed E-state index contributed by atoms with van der Waals surface area (Å²) in [5.74, 6) is 1.45. The van der Waals surface area contributed by atoms with Gasteiger partial charge in [-0.25, -0.2) is 4.68 Å². The number of methoxy groups -OCH3 is 1. The second-order valence-electron chi connectivity index (χ2n) is 8.61. The third kappa shape index (κ3) is 4.81. The number of aliphatic hydroxyl groups excluding tert-OH is 1. The number of nitrogens with zero attached hydrogens (tertiary/aromatic N) is 4. The Balaban J connectivity index is 1.50. The molecule has 0 unspecified atom stereocenters. The van der Waals surface area contributed by atoms with Gasteiger partial charge in [-0.2, -0.15) is 0 Å². The molecule has 1 aromatic carbocycles. The molecule has 1 saturated carbocycles. The molecule has 6 nitrogen and oxygen atoms in total. The average Bonchev–Trinajstić information content (AvgIpc) is 3.49. The second-order valence-corrected chi connectivity index (χ2v) is 8.61. The number of likely N-dealkylation sites (tertiary alicyclic amines) is 1. The SMILES string of the molecule is CCCCCCN1C[C@H](n2cc(C3CC3)nn2)[C@@H](O)C[C@@H]1c1ccc(OC)cc1. The maximum absolute atomic E-state index is 11.0. The normalized spacial score (nSPS) is 25.3. The van der Waals surface area contributed by atoms with Crippen LogP contribution in [0, 0.1) is 0 Å². The zero-order chi connectivity index (χ0) is 20.2. The van der Waals surface area contributed by atoms with Crippen LogP contribution in [-0.4, -0.2) is 51.3 Å². The second kappa shape index (κ2) is 9.26. The summed E-state index contributed by atoms with van der Waals surface area (Å²) in [6.07, 6.45) is 9.75. The molecule has 1 aromatic heterocycles. The first-order valence-corrected chi connectivity index (χ1v) is 11.2. The standard InChI is InChI=1S/C23H34N4O2/c1-3-4-5-6-13-26-16-22(27-15-20(24-25-27)17-7-8-17)23(28)14-21(26)18-9-11-19(29-2)12-10-18/h9-12,15,17,21-23,28H,3-8,13-14,16H2,1-2H3/t21-,22+,23+/m1/s1. The highest BCUT2D eigenvalue weighted by atomic mass is 16.5. The lowest BCUT2D eigenvalue weighted by Gasteiger charge is -2.42. The van der Waals surface area contributed by atoms with E-state index in [9.17, 15) is 5.11 Å². The molecule has 4 rings (SSSR count). The van der Waals surface area contributed by atoms with Crippen LogP contribution in [0.5, 0.6) is 5.75 Å². The van der Waals surface area contributed by atoms with E-state index in [1.807, 2.05) is 16.8 Å². The number of unbranched alkanes of at least 4 members (excludes halogenated alkanes) is 3. The van der Waals surface area contributed by atoms with E-state index in [1.54, 1.807) is 7.11 Å². The van der Waals surface area contributed by atoms with Crippen molar-refractivity contribution in [2.75, 3.05) is 20.2 Å². The summed E-state index contributed by atoms with van der Waals surface area (Å²) in [7, 11) is 1.69. The highest BCUT2D eigenvalue weighted by Gasteiger charge is 2.37. The van der Waals surface area contributed by atoms with Crippen LogP contribution < -0.4 is 4.74 Å². The minimum Gasteiger partial charge on any atom is -0.497 e. The smallest absolute Gasteiger partial charge is 0.118 e. The summed E-state index contributed by atoms with van der Waals surface area (Å²) in [6.45, 7) is 4.09. The Morgan fingerprint density at radius 2 is 1.93 bits per heavy atom. The highest BCUT2D eigenvalue weighted by Crippen LogP contribution is 2.40. The van der Waals surface area contributed by atoms with Crippen molar-refractivity contribution in [2.45, 2.75) is 76.0 Å². The molecule has 2 heterocycles. The topological polar surface area (TPSA) is 63.4 Å². The molecular weight excluding hydrogens is 364 g/mol. The summed E-state index contributed by atoms with van der Waals surface area (Å²) >= 11 is 0. The number of piperidine rings is 1. The maximum Gasteiger partial charge on any atom is 0.118 e. The van der Waals surface area contributed by atoms with E-state index < -0.39 is 6.10 Å². The van der Waals surface area contributed by atoms with Gasteiger partial charge in [0.1, 0.15) is 5.75 Å². The van der Waals surface area contributed by atoms with Crippen LogP contribution in [0.15, 0.2) is 30.5 Å². The molecule has 6 heteroatoms. The van der Waals surface area contributed by atoms with E-state index in [1.165, 1.54) is 44.1 Å². The van der Waals surface area contributed by atoms with E-state index >= 15 is 0 Å². The monoisotopic (exact) mass is 398 g/mol. The third-order valence-electron chi connectivity index (χ3n) is 6.43. The largest absolute Gasteiger partial charge is 0.497 e. The Kier molecular flexibility index (Phi) is 6.50. The highest BCUT2D eigenvalue weighted by molar-refractivity contribution is 5.29.